The molecule has 0 spiro atoms. The van der Waals surface area contributed by atoms with Crippen LogP contribution in [0, 0.1) is 0 Å². The third-order valence-corrected chi connectivity index (χ3v) is 5.64. The molecule has 4 heterocycles. The van der Waals surface area contributed by atoms with Crippen LogP contribution in [0.3, 0.4) is 0 Å². The molecule has 24 heavy (non-hydrogen) atoms. The molecule has 4 nitrogen and oxygen atoms in total. The molecule has 3 aromatic rings. The van der Waals surface area contributed by atoms with E-state index in [1.165, 1.54) is 0 Å². The number of thiophene rings is 1. The number of thiocarbonyl (C=S) groups is 1. The summed E-state index contributed by atoms with van der Waals surface area (Å²) in [6.45, 7) is 0.600. The SMILES string of the molecule is S=C1N[C@H](c2ccccn2)[C@H](c2ccc(Cl)s2)N1Cc1ccco1. The van der Waals surface area contributed by atoms with Gasteiger partial charge in [0.1, 0.15) is 5.76 Å². The first-order valence-corrected chi connectivity index (χ1v) is 9.08. The third kappa shape index (κ3) is 2.92. The predicted molar refractivity (Wildman–Crippen MR) is 99.0 cm³/mol. The van der Waals surface area contributed by atoms with E-state index in [-0.39, 0.29) is 12.1 Å². The first-order valence-electron chi connectivity index (χ1n) is 7.48. The van der Waals surface area contributed by atoms with Crippen LogP contribution in [-0.4, -0.2) is 15.0 Å². The van der Waals surface area contributed by atoms with Crippen LogP contribution in [-0.2, 0) is 6.54 Å². The average Bonchev–Trinajstić information content (AvgIpc) is 3.31. The minimum atomic E-state index is -0.0246. The molecule has 1 saturated heterocycles. The molecule has 1 aliphatic heterocycles. The summed E-state index contributed by atoms with van der Waals surface area (Å²) < 4.78 is 6.27. The molecule has 0 amide bonds. The maximum atomic E-state index is 6.17. The summed E-state index contributed by atoms with van der Waals surface area (Å²) in [4.78, 5) is 7.79. The Hall–Kier alpha value is -1.89. The van der Waals surface area contributed by atoms with Crippen molar-refractivity contribution in [3.8, 4) is 0 Å². The van der Waals surface area contributed by atoms with E-state index < -0.39 is 0 Å². The van der Waals surface area contributed by atoms with Gasteiger partial charge in [-0.1, -0.05) is 17.7 Å². The van der Waals surface area contributed by atoms with Crippen molar-refractivity contribution >= 4 is 40.3 Å². The van der Waals surface area contributed by atoms with Crippen molar-refractivity contribution in [2.24, 2.45) is 0 Å². The van der Waals surface area contributed by atoms with Gasteiger partial charge in [-0.2, -0.15) is 0 Å². The number of nitrogens with one attached hydrogen (secondary N) is 1. The average molecular weight is 376 g/mol. The minimum absolute atomic E-state index is 0.0231. The Morgan fingerprint density at radius 2 is 2.17 bits per heavy atom. The lowest BCUT2D eigenvalue weighted by Gasteiger charge is -2.25. The lowest BCUT2D eigenvalue weighted by molar-refractivity contribution is 0.291. The fourth-order valence-electron chi connectivity index (χ4n) is 2.94. The molecule has 7 heteroatoms. The van der Waals surface area contributed by atoms with Crippen LogP contribution in [0.1, 0.15) is 28.4 Å². The quantitative estimate of drug-likeness (QED) is 0.677. The summed E-state index contributed by atoms with van der Waals surface area (Å²) in [6, 6.07) is 13.7. The molecule has 1 aliphatic rings. The van der Waals surface area contributed by atoms with Crippen LogP contribution in [0.15, 0.2) is 59.3 Å². The van der Waals surface area contributed by atoms with Crippen LogP contribution in [0.4, 0.5) is 0 Å². The zero-order chi connectivity index (χ0) is 16.5. The maximum absolute atomic E-state index is 6.17. The summed E-state index contributed by atoms with van der Waals surface area (Å²) in [5.74, 6) is 0.869. The monoisotopic (exact) mass is 375 g/mol. The molecule has 0 unspecified atom stereocenters. The highest BCUT2D eigenvalue weighted by Gasteiger charge is 2.40. The number of hydrogen-bond acceptors (Lipinski definition) is 4. The smallest absolute Gasteiger partial charge is 0.170 e. The summed E-state index contributed by atoms with van der Waals surface area (Å²) in [7, 11) is 0. The Morgan fingerprint density at radius 1 is 1.25 bits per heavy atom. The van der Waals surface area contributed by atoms with E-state index in [1.807, 2.05) is 36.4 Å². The summed E-state index contributed by atoms with van der Waals surface area (Å²) >= 11 is 13.3. The molecule has 0 aliphatic carbocycles. The van der Waals surface area contributed by atoms with Gasteiger partial charge in [-0.15, -0.1) is 11.3 Å². The fourth-order valence-corrected chi connectivity index (χ4v) is 4.46. The fraction of sp³-hybridized carbons (Fsp3) is 0.176. The number of hydrogen-bond donors (Lipinski definition) is 1. The normalized spacial score (nSPS) is 20.4. The predicted octanol–water partition coefficient (Wildman–Crippen LogP) is 4.56. The second-order valence-electron chi connectivity index (χ2n) is 5.48. The largest absolute Gasteiger partial charge is 0.467 e. The number of aromatic nitrogens is 1. The Labute approximate surface area is 154 Å². The molecule has 3 aromatic heterocycles. The van der Waals surface area contributed by atoms with Gasteiger partial charge in [0.05, 0.1) is 34.9 Å². The number of rotatable bonds is 4. The third-order valence-electron chi connectivity index (χ3n) is 3.99. The van der Waals surface area contributed by atoms with Gasteiger partial charge >= 0.3 is 0 Å². The second-order valence-corrected chi connectivity index (χ2v) is 7.61. The van der Waals surface area contributed by atoms with Crippen LogP contribution in [0.25, 0.3) is 0 Å². The standard InChI is InChI=1S/C17H14ClN3OS2/c18-14-7-6-13(24-14)16-15(12-5-1-2-8-19-12)20-17(23)21(16)10-11-4-3-9-22-11/h1-9,15-16H,10H2,(H,20,23)/t15-,16+/m1/s1. The van der Waals surface area contributed by atoms with E-state index in [0.29, 0.717) is 11.7 Å². The molecule has 0 radical (unpaired) electrons. The van der Waals surface area contributed by atoms with Crippen LogP contribution >= 0.6 is 35.2 Å². The zero-order valence-corrected chi connectivity index (χ0v) is 14.9. The van der Waals surface area contributed by atoms with Crippen molar-refractivity contribution in [1.82, 2.24) is 15.2 Å². The van der Waals surface area contributed by atoms with Crippen molar-refractivity contribution in [2.45, 2.75) is 18.6 Å². The Bertz CT molecular complexity index is 835. The van der Waals surface area contributed by atoms with Gasteiger partial charge < -0.3 is 14.6 Å². The Morgan fingerprint density at radius 3 is 2.83 bits per heavy atom. The molecule has 2 atom stereocenters. The Kier molecular flexibility index (Phi) is 4.26. The van der Waals surface area contributed by atoms with Crippen LogP contribution in [0.2, 0.25) is 4.34 Å². The van der Waals surface area contributed by atoms with Gasteiger partial charge in [0.15, 0.2) is 5.11 Å². The number of pyridine rings is 1. The lowest BCUT2D eigenvalue weighted by atomic mass is 10.0. The number of nitrogens with zero attached hydrogens (tertiary/aromatic N) is 2. The van der Waals surface area contributed by atoms with Crippen molar-refractivity contribution in [3.05, 3.63) is 75.6 Å². The highest BCUT2D eigenvalue weighted by molar-refractivity contribution is 7.80. The van der Waals surface area contributed by atoms with E-state index in [4.69, 9.17) is 28.2 Å². The molecule has 0 bridgehead atoms. The van der Waals surface area contributed by atoms with Gasteiger partial charge in [-0.05, 0) is 48.6 Å². The molecule has 0 saturated carbocycles. The van der Waals surface area contributed by atoms with E-state index in [1.54, 1.807) is 23.8 Å². The van der Waals surface area contributed by atoms with E-state index in [0.717, 1.165) is 20.7 Å². The van der Waals surface area contributed by atoms with Gasteiger partial charge in [0.2, 0.25) is 0 Å². The van der Waals surface area contributed by atoms with Gasteiger partial charge in [0.25, 0.3) is 0 Å². The van der Waals surface area contributed by atoms with Crippen molar-refractivity contribution < 1.29 is 4.42 Å². The molecule has 122 valence electrons. The zero-order valence-electron chi connectivity index (χ0n) is 12.6. The second kappa shape index (κ2) is 6.55. The molecule has 0 aromatic carbocycles. The van der Waals surface area contributed by atoms with Crippen LogP contribution in [0.5, 0.6) is 0 Å². The molecule has 1 N–H and O–H groups in total. The highest BCUT2D eigenvalue weighted by atomic mass is 35.5. The van der Waals surface area contributed by atoms with Gasteiger partial charge in [0, 0.05) is 11.1 Å². The number of halogens is 1. The van der Waals surface area contributed by atoms with Crippen molar-refractivity contribution in [1.29, 1.82) is 0 Å². The molecule has 1 fully saturated rings. The van der Waals surface area contributed by atoms with Gasteiger partial charge in [-0.3, -0.25) is 4.98 Å². The summed E-state index contributed by atoms with van der Waals surface area (Å²) in [5.41, 5.74) is 0.955. The summed E-state index contributed by atoms with van der Waals surface area (Å²) in [5, 5.41) is 4.10. The van der Waals surface area contributed by atoms with Crippen molar-refractivity contribution in [2.75, 3.05) is 0 Å². The van der Waals surface area contributed by atoms with E-state index >= 15 is 0 Å². The highest BCUT2D eigenvalue weighted by Crippen LogP contribution is 2.42. The molecular formula is C17H14ClN3OS2. The van der Waals surface area contributed by atoms with Crippen molar-refractivity contribution in [3.63, 3.8) is 0 Å². The van der Waals surface area contributed by atoms with E-state index in [2.05, 4.69) is 21.3 Å². The first-order chi connectivity index (χ1) is 11.7. The maximum Gasteiger partial charge on any atom is 0.170 e. The van der Waals surface area contributed by atoms with Crippen LogP contribution < -0.4 is 5.32 Å². The molecular weight excluding hydrogens is 362 g/mol. The van der Waals surface area contributed by atoms with E-state index in [9.17, 15) is 0 Å². The lowest BCUT2D eigenvalue weighted by Crippen LogP contribution is -2.28. The molecule has 4 rings (SSSR count). The topological polar surface area (TPSA) is 41.3 Å². The Balaban J connectivity index is 1.73. The number of furan rings is 1. The van der Waals surface area contributed by atoms with Gasteiger partial charge in [-0.25, -0.2) is 0 Å². The summed E-state index contributed by atoms with van der Waals surface area (Å²) in [6.07, 6.45) is 3.48. The first kappa shape index (κ1) is 15.6. The minimum Gasteiger partial charge on any atom is -0.467 e.